The van der Waals surface area contributed by atoms with Gasteiger partial charge in [-0.25, -0.2) is 35.4 Å². The fourth-order valence-corrected chi connectivity index (χ4v) is 18.0. The maximum atomic E-state index is 13.6. The number of carbonyl (C=O) groups is 4. The van der Waals surface area contributed by atoms with Crippen LogP contribution in [0.15, 0.2) is 147 Å². The number of carboxylic acid groups (broad SMARTS) is 3. The van der Waals surface area contributed by atoms with Crippen LogP contribution in [0.1, 0.15) is 173 Å². The summed E-state index contributed by atoms with van der Waals surface area (Å²) in [6.07, 6.45) is 23.8. The fourth-order valence-electron chi connectivity index (χ4n) is 16.6. The summed E-state index contributed by atoms with van der Waals surface area (Å²) in [6, 6.07) is 18.9. The molecule has 0 saturated carbocycles. The van der Waals surface area contributed by atoms with Crippen molar-refractivity contribution in [2.75, 3.05) is 26.2 Å². The van der Waals surface area contributed by atoms with Crippen molar-refractivity contribution in [1.82, 2.24) is 14.3 Å². The number of rotatable bonds is 26. The Morgan fingerprint density at radius 3 is 1.56 bits per heavy atom. The molecular formula is C73H88N5O16S3+. The van der Waals surface area contributed by atoms with Crippen LogP contribution in [-0.2, 0) is 77.0 Å². The number of unbranched alkanes of at least 4 members (excludes halogenated alkanes) is 4. The molecule has 2 saturated heterocycles. The molecule has 97 heavy (non-hydrogen) atoms. The molecular weight excluding hydrogens is 1300 g/mol. The molecule has 24 heteroatoms. The van der Waals surface area contributed by atoms with E-state index in [2.05, 4.69) is 63.7 Å². The van der Waals surface area contributed by atoms with Crippen LogP contribution < -0.4 is 19.5 Å². The summed E-state index contributed by atoms with van der Waals surface area (Å²) < 4.78 is 83.0. The Hall–Kier alpha value is -7.23. The van der Waals surface area contributed by atoms with E-state index in [9.17, 15) is 65.7 Å². The average Bonchev–Trinajstić information content (AvgIpc) is 1.62. The lowest BCUT2D eigenvalue weighted by Crippen LogP contribution is -2.61. The first-order valence-corrected chi connectivity index (χ1v) is 36.9. The highest BCUT2D eigenvalue weighted by Crippen LogP contribution is 2.58. The van der Waals surface area contributed by atoms with Crippen molar-refractivity contribution in [3.05, 3.63) is 161 Å². The summed E-state index contributed by atoms with van der Waals surface area (Å²) in [7, 11) is -9.59. The molecule has 2 fully saturated rings. The van der Waals surface area contributed by atoms with E-state index in [0.717, 1.165) is 101 Å². The van der Waals surface area contributed by atoms with Gasteiger partial charge in [0.2, 0.25) is 17.3 Å². The van der Waals surface area contributed by atoms with E-state index >= 15 is 0 Å². The van der Waals surface area contributed by atoms with Crippen LogP contribution in [0.5, 0.6) is 0 Å². The van der Waals surface area contributed by atoms with Crippen molar-refractivity contribution >= 4 is 90.3 Å². The number of fused-ring (bicyclic) bond motifs is 6. The van der Waals surface area contributed by atoms with Gasteiger partial charge in [-0.3, -0.25) is 14.6 Å². The van der Waals surface area contributed by atoms with E-state index in [1.54, 1.807) is 12.1 Å². The second-order valence-electron chi connectivity index (χ2n) is 28.5. The van der Waals surface area contributed by atoms with E-state index in [0.29, 0.717) is 98.5 Å². The maximum Gasteiger partial charge on any atom is 0.363 e. The highest BCUT2D eigenvalue weighted by atomic mass is 32.2. The summed E-state index contributed by atoms with van der Waals surface area (Å²) in [5.41, 5.74) is 8.18. The maximum absolute atomic E-state index is 13.6. The van der Waals surface area contributed by atoms with Crippen molar-refractivity contribution in [3.8, 4) is 0 Å². The van der Waals surface area contributed by atoms with Gasteiger partial charge in [-0.05, 0) is 167 Å². The normalized spacial score (nSPS) is 23.7. The summed E-state index contributed by atoms with van der Waals surface area (Å²) in [6.45, 7) is 18.7. The summed E-state index contributed by atoms with van der Waals surface area (Å²) in [4.78, 5) is 51.2. The predicted molar refractivity (Wildman–Crippen MR) is 365 cm³/mol. The number of quaternary nitrogens is 2. The number of aliphatic carboxylic acids is 3. The number of benzene rings is 4. The number of hydrogen-bond donors (Lipinski definition) is 4. The van der Waals surface area contributed by atoms with Crippen molar-refractivity contribution in [2.45, 2.75) is 200 Å². The molecule has 6 aliphatic rings. The van der Waals surface area contributed by atoms with Crippen LogP contribution in [0.2, 0.25) is 0 Å². The number of hydrogen-bond acceptors (Lipinski definition) is 14. The van der Waals surface area contributed by atoms with Gasteiger partial charge >= 0.3 is 17.9 Å². The molecule has 0 aromatic heterocycles. The zero-order valence-electron chi connectivity index (χ0n) is 56.3. The van der Waals surface area contributed by atoms with E-state index in [-0.39, 0.29) is 37.6 Å². The number of allylic oxidation sites excluding steroid dienone is 10. The first-order chi connectivity index (χ1) is 45.7. The molecule has 4 unspecified atom stereocenters. The highest BCUT2D eigenvalue weighted by molar-refractivity contribution is 7.94. The Labute approximate surface area is 572 Å². The first-order valence-electron chi connectivity index (χ1n) is 33.3. The molecule has 0 bridgehead atoms. The minimum Gasteiger partial charge on any atom is -0.744 e. The van der Waals surface area contributed by atoms with Gasteiger partial charge in [0, 0.05) is 109 Å². The number of amides is 1. The summed E-state index contributed by atoms with van der Waals surface area (Å²) >= 11 is 0.811. The van der Waals surface area contributed by atoms with Crippen LogP contribution in [-0.4, -0.2) is 124 Å². The van der Waals surface area contributed by atoms with Gasteiger partial charge in [0.1, 0.15) is 56.1 Å². The van der Waals surface area contributed by atoms with Crippen LogP contribution in [0.4, 0.5) is 22.7 Å². The van der Waals surface area contributed by atoms with Crippen LogP contribution in [0.3, 0.4) is 0 Å². The second-order valence-corrected chi connectivity index (χ2v) is 32.0. The molecule has 4 N–H and O–H groups in total. The van der Waals surface area contributed by atoms with Gasteiger partial charge in [0.25, 0.3) is 0 Å². The van der Waals surface area contributed by atoms with Crippen molar-refractivity contribution < 1.29 is 84.2 Å². The zero-order valence-corrected chi connectivity index (χ0v) is 58.7. The third-order valence-corrected chi connectivity index (χ3v) is 23.5. The molecule has 4 atom stereocenters. The molecule has 6 heterocycles. The molecule has 0 aliphatic carbocycles. The van der Waals surface area contributed by atoms with E-state index in [4.69, 9.17) is 0 Å². The Morgan fingerprint density at radius 1 is 0.577 bits per heavy atom. The van der Waals surface area contributed by atoms with Crippen LogP contribution >= 0.6 is 12.0 Å². The molecule has 4 aromatic rings. The molecule has 4 aromatic carbocycles. The fraction of sp³-hybridized carbons (Fsp3) is 0.452. The lowest BCUT2D eigenvalue weighted by molar-refractivity contribution is -0.777. The van der Waals surface area contributed by atoms with Crippen LogP contribution in [0, 0.1) is 0 Å². The number of carboxylic acids is 3. The van der Waals surface area contributed by atoms with E-state index in [1.165, 1.54) is 24.3 Å². The monoisotopic (exact) mass is 1390 g/mol. The first kappa shape index (κ1) is 72.5. The van der Waals surface area contributed by atoms with Gasteiger partial charge in [0.15, 0.2) is 23.5 Å². The third-order valence-electron chi connectivity index (χ3n) is 21.2. The highest BCUT2D eigenvalue weighted by Gasteiger charge is 2.62. The van der Waals surface area contributed by atoms with Crippen molar-refractivity contribution in [3.63, 3.8) is 0 Å². The number of carbonyl (C=O) groups excluding carboxylic acids is 1. The Balaban J connectivity index is 0.840. The molecule has 1 amide bonds. The Kier molecular flexibility index (Phi) is 21.1. The van der Waals surface area contributed by atoms with Gasteiger partial charge in [0.05, 0.1) is 56.6 Å². The smallest absolute Gasteiger partial charge is 0.363 e. The standard InChI is InChI=1S/C73H87N5O16S3/c1-70(2)52-43-48(31-35-56(52)75(40-19-11-15-30-67(80)81)63(70)26-22-28-65-73(7,8)55-46-51(97(90,91)92)34-38-59(55)78(65)42-21-17-24-61(78)69(84)85)47-74-66(79)29-14-10-18-39-76-57-36-32-49(95-94-93-86)44-53(57)71(3,4)62(76)25-12-9-13-27-64-72(5,6)54-45-50(96(87,88)89)33-37-58(54)77(64)41-20-16-23-60(77)68(82)83/h9,12-13,22,25-28,31-38,43-46,60-61H,10-11,14-21,23-24,29-30,39-42,47H2,1-8H3,(H3-4,74,79,80,81,82,83,84,85,86,87,88,89,90,91,92)/p+1/b13-9+,25-12+,26-22+,64-27+,65-28+. The van der Waals surface area contributed by atoms with Crippen molar-refractivity contribution in [1.29, 1.82) is 0 Å². The average molecular weight is 1390 g/mol. The zero-order chi connectivity index (χ0) is 70.3. The van der Waals surface area contributed by atoms with Gasteiger partial charge in [-0.2, -0.15) is 13.5 Å². The molecule has 21 nitrogen and oxygen atoms in total. The summed E-state index contributed by atoms with van der Waals surface area (Å²) in [5, 5.41) is 48.4. The Bertz CT molecular complexity index is 4290. The summed E-state index contributed by atoms with van der Waals surface area (Å²) in [5.74, 6) is -2.85. The topological polar surface area (TPSA) is 303 Å². The van der Waals surface area contributed by atoms with Gasteiger partial charge < -0.3 is 35.0 Å². The largest absolute Gasteiger partial charge is 0.744 e. The molecule has 2 spiro atoms. The Morgan fingerprint density at radius 2 is 1.06 bits per heavy atom. The SMILES string of the molecule is CC1(C)C(/C=C/C=C2\C(C)(C)c3cc(S(=O)(=O)[O-])ccc3[N+]23CCCCC3C(=O)O)=[N+](CCCCCC(=O)O)c2ccc(CNC(=O)CCCCC[N+]3=C(/C=C/C=C/C=C4\C(C)(C)c5cc(S(=O)(=O)[O-])ccc5[N+]45CCCCC5C(=O)O)C(C)(C)c4cc(SOO[O-])ccc43)cc21. The molecule has 6 aliphatic heterocycles. The molecule has 10 rings (SSSR count). The van der Waals surface area contributed by atoms with Crippen LogP contribution in [0.25, 0.3) is 0 Å². The second kappa shape index (κ2) is 28.2. The van der Waals surface area contributed by atoms with E-state index < -0.39 is 71.9 Å². The van der Waals surface area contributed by atoms with Gasteiger partial charge in [-0.15, -0.1) is 0 Å². The van der Waals surface area contributed by atoms with E-state index in [1.807, 2.05) is 101 Å². The number of nitrogens with one attached hydrogen (secondary N) is 1. The quantitative estimate of drug-likeness (QED) is 0.00664. The predicted octanol–water partition coefficient (Wildman–Crippen LogP) is 11.3. The van der Waals surface area contributed by atoms with Crippen molar-refractivity contribution in [2.24, 2.45) is 0 Å². The lowest BCUT2D eigenvalue weighted by Gasteiger charge is -2.44. The number of piperidine rings is 2. The van der Waals surface area contributed by atoms with Gasteiger partial charge in [-0.1, -0.05) is 30.4 Å². The molecule has 518 valence electrons. The number of nitrogens with zero attached hydrogens (tertiary/aromatic N) is 4. The molecule has 0 radical (unpaired) electrons. The minimum atomic E-state index is -4.81. The lowest BCUT2D eigenvalue weighted by atomic mass is 9.80. The third kappa shape index (κ3) is 13.8. The minimum absolute atomic E-state index is 0.0151.